The second-order valence-electron chi connectivity index (χ2n) is 9.39. The topological polar surface area (TPSA) is 123 Å². The molecule has 10 heteroatoms. The lowest BCUT2D eigenvalue weighted by Crippen LogP contribution is -2.60. The zero-order valence-electron chi connectivity index (χ0n) is 22.6. The first-order chi connectivity index (χ1) is 19.2. The van der Waals surface area contributed by atoms with Crippen molar-refractivity contribution in [3.05, 3.63) is 94.5 Å². The van der Waals surface area contributed by atoms with E-state index in [1.54, 1.807) is 60.7 Å². The number of para-hydroxylation sites is 2. The van der Waals surface area contributed by atoms with Gasteiger partial charge < -0.3 is 30.7 Å². The number of ether oxygens (including phenoxy) is 2. The van der Waals surface area contributed by atoms with Crippen LogP contribution in [0.25, 0.3) is 0 Å². The molecule has 0 aliphatic carbocycles. The average Bonchev–Trinajstić information content (AvgIpc) is 3.14. The minimum absolute atomic E-state index is 0.0342. The van der Waals surface area contributed by atoms with Crippen LogP contribution in [0.5, 0.6) is 0 Å². The van der Waals surface area contributed by atoms with Crippen LogP contribution in [-0.2, 0) is 24.6 Å². The minimum Gasteiger partial charge on any atom is -0.369 e. The third-order valence-electron chi connectivity index (χ3n) is 6.80. The number of hydrogen-bond donors (Lipinski definition) is 3. The molecule has 40 heavy (non-hydrogen) atoms. The molecule has 3 aromatic rings. The number of anilines is 2. The van der Waals surface area contributed by atoms with Gasteiger partial charge in [0.2, 0.25) is 5.91 Å². The van der Waals surface area contributed by atoms with Gasteiger partial charge >= 0.3 is 6.03 Å². The fraction of sp³-hybridized carbons (Fsp3) is 0.300. The molecule has 1 heterocycles. The first kappa shape index (κ1) is 29.1. The lowest BCUT2D eigenvalue weighted by Gasteiger charge is -2.36. The number of primary amides is 1. The van der Waals surface area contributed by atoms with Crippen molar-refractivity contribution < 1.29 is 23.9 Å². The predicted octanol–water partition coefficient (Wildman–Crippen LogP) is 4.68. The molecule has 4 amide bonds. The van der Waals surface area contributed by atoms with E-state index in [9.17, 15) is 14.4 Å². The van der Waals surface area contributed by atoms with E-state index in [4.69, 9.17) is 26.8 Å². The number of nitrogens with one attached hydrogen (secondary N) is 2. The van der Waals surface area contributed by atoms with Crippen LogP contribution in [0.15, 0.2) is 72.8 Å². The zero-order valence-corrected chi connectivity index (χ0v) is 23.4. The normalized spacial score (nSPS) is 17.0. The zero-order chi connectivity index (χ0) is 28.9. The standard InChI is InChI=1S/C30H33ClN4O5/c1-4-39-25(40-5-2)18-35-24-13-9-6-10-21(24)30(28(35)37,26(27(32)36)20-16-14-19(3)15-17-20)34-29(38)33-23-12-8-7-11-22(23)31/h6-17,25-26H,4-5,18H2,1-3H3,(H2,32,36)(H2,33,34,38). The molecular weight excluding hydrogens is 532 g/mol. The molecule has 1 aliphatic heterocycles. The Kier molecular flexibility index (Phi) is 9.09. The first-order valence-electron chi connectivity index (χ1n) is 13.1. The molecule has 1 aliphatic rings. The van der Waals surface area contributed by atoms with E-state index in [1.807, 2.05) is 32.9 Å². The van der Waals surface area contributed by atoms with E-state index < -0.39 is 35.6 Å². The number of fused-ring (bicyclic) bond motifs is 1. The Morgan fingerprint density at radius 3 is 2.23 bits per heavy atom. The highest BCUT2D eigenvalue weighted by molar-refractivity contribution is 6.33. The van der Waals surface area contributed by atoms with Crippen LogP contribution >= 0.6 is 11.6 Å². The highest BCUT2D eigenvalue weighted by atomic mass is 35.5. The maximum Gasteiger partial charge on any atom is 0.320 e. The summed E-state index contributed by atoms with van der Waals surface area (Å²) in [7, 11) is 0. The Morgan fingerprint density at radius 1 is 0.975 bits per heavy atom. The monoisotopic (exact) mass is 564 g/mol. The summed E-state index contributed by atoms with van der Waals surface area (Å²) in [6.07, 6.45) is -0.730. The largest absolute Gasteiger partial charge is 0.369 e. The van der Waals surface area contributed by atoms with Crippen LogP contribution in [-0.4, -0.2) is 43.9 Å². The van der Waals surface area contributed by atoms with E-state index in [2.05, 4.69) is 10.6 Å². The minimum atomic E-state index is -1.88. The van der Waals surface area contributed by atoms with E-state index in [0.29, 0.717) is 40.7 Å². The van der Waals surface area contributed by atoms with Crippen molar-refractivity contribution in [2.75, 3.05) is 30.0 Å². The molecule has 0 aromatic heterocycles. The fourth-order valence-corrected chi connectivity index (χ4v) is 5.27. The molecule has 0 radical (unpaired) electrons. The molecule has 4 N–H and O–H groups in total. The predicted molar refractivity (Wildman–Crippen MR) is 154 cm³/mol. The third-order valence-corrected chi connectivity index (χ3v) is 7.13. The SMILES string of the molecule is CCOC(CN1C(=O)C(NC(=O)Nc2ccccc2Cl)(C(C(N)=O)c2ccc(C)cc2)c2ccccc21)OCC. The summed E-state index contributed by atoms with van der Waals surface area (Å²) >= 11 is 6.27. The van der Waals surface area contributed by atoms with Crippen LogP contribution < -0.4 is 21.3 Å². The number of amides is 4. The fourth-order valence-electron chi connectivity index (χ4n) is 5.09. The summed E-state index contributed by atoms with van der Waals surface area (Å²) in [4.78, 5) is 42.9. The summed E-state index contributed by atoms with van der Waals surface area (Å²) in [6.45, 7) is 6.34. The number of carbonyl (C=O) groups is 3. The Morgan fingerprint density at radius 2 is 1.60 bits per heavy atom. The molecule has 0 saturated heterocycles. The van der Waals surface area contributed by atoms with Gasteiger partial charge in [-0.05, 0) is 44.5 Å². The molecule has 3 aromatic carbocycles. The van der Waals surface area contributed by atoms with Gasteiger partial charge in [0.15, 0.2) is 11.8 Å². The van der Waals surface area contributed by atoms with E-state index in [0.717, 1.165) is 5.56 Å². The quantitative estimate of drug-likeness (QED) is 0.292. The van der Waals surface area contributed by atoms with Gasteiger partial charge in [-0.2, -0.15) is 0 Å². The number of aryl methyl sites for hydroxylation is 1. The third kappa shape index (κ3) is 5.67. The van der Waals surface area contributed by atoms with Gasteiger partial charge in [0.05, 0.1) is 28.9 Å². The van der Waals surface area contributed by atoms with Crippen molar-refractivity contribution in [3.63, 3.8) is 0 Å². The number of urea groups is 1. The lowest BCUT2D eigenvalue weighted by atomic mass is 9.74. The van der Waals surface area contributed by atoms with Crippen molar-refractivity contribution >= 4 is 40.8 Å². The number of halogens is 1. The summed E-state index contributed by atoms with van der Waals surface area (Å²) in [5.74, 6) is -2.57. The van der Waals surface area contributed by atoms with Crippen LogP contribution in [0.3, 0.4) is 0 Å². The summed E-state index contributed by atoms with van der Waals surface area (Å²) < 4.78 is 11.5. The van der Waals surface area contributed by atoms with Crippen molar-refractivity contribution in [1.29, 1.82) is 0 Å². The van der Waals surface area contributed by atoms with Crippen LogP contribution in [0.2, 0.25) is 5.02 Å². The Bertz CT molecular complexity index is 1380. The highest BCUT2D eigenvalue weighted by Gasteiger charge is 2.59. The van der Waals surface area contributed by atoms with Gasteiger partial charge in [0.1, 0.15) is 0 Å². The number of nitrogens with two attached hydrogens (primary N) is 1. The molecule has 9 nitrogen and oxygen atoms in total. The van der Waals surface area contributed by atoms with Gasteiger partial charge in [0, 0.05) is 18.8 Å². The summed E-state index contributed by atoms with van der Waals surface area (Å²) in [5, 5.41) is 5.88. The van der Waals surface area contributed by atoms with Gasteiger partial charge in [0.25, 0.3) is 5.91 Å². The Hall–Kier alpha value is -3.92. The van der Waals surface area contributed by atoms with E-state index >= 15 is 0 Å². The second kappa shape index (κ2) is 12.5. The van der Waals surface area contributed by atoms with Crippen LogP contribution in [0.4, 0.5) is 16.2 Å². The molecule has 4 rings (SSSR count). The van der Waals surface area contributed by atoms with Gasteiger partial charge in [-0.3, -0.25) is 9.59 Å². The molecule has 0 saturated carbocycles. The molecule has 210 valence electrons. The smallest absolute Gasteiger partial charge is 0.320 e. The Balaban J connectivity index is 1.87. The average molecular weight is 565 g/mol. The number of hydrogen-bond acceptors (Lipinski definition) is 5. The van der Waals surface area contributed by atoms with Crippen molar-refractivity contribution in [2.45, 2.75) is 38.5 Å². The maximum atomic E-state index is 14.6. The highest BCUT2D eigenvalue weighted by Crippen LogP contribution is 2.48. The molecule has 0 fully saturated rings. The number of rotatable bonds is 11. The van der Waals surface area contributed by atoms with Crippen molar-refractivity contribution in [1.82, 2.24) is 5.32 Å². The number of nitrogens with zero attached hydrogens (tertiary/aromatic N) is 1. The van der Waals surface area contributed by atoms with Gasteiger partial charge in [-0.1, -0.05) is 71.8 Å². The maximum absolute atomic E-state index is 14.6. The molecular formula is C30H33ClN4O5. The first-order valence-corrected chi connectivity index (χ1v) is 13.4. The number of benzene rings is 3. The van der Waals surface area contributed by atoms with Crippen LogP contribution in [0.1, 0.15) is 36.5 Å². The number of carbonyl (C=O) groups excluding carboxylic acids is 3. The Labute approximate surface area is 238 Å². The lowest BCUT2D eigenvalue weighted by molar-refractivity contribution is -0.139. The molecule has 0 spiro atoms. The van der Waals surface area contributed by atoms with Crippen molar-refractivity contribution in [3.8, 4) is 0 Å². The second-order valence-corrected chi connectivity index (χ2v) is 9.79. The molecule has 2 unspecified atom stereocenters. The van der Waals surface area contributed by atoms with Gasteiger partial charge in [-0.25, -0.2) is 4.79 Å². The van der Waals surface area contributed by atoms with Crippen molar-refractivity contribution in [2.24, 2.45) is 5.73 Å². The van der Waals surface area contributed by atoms with E-state index in [-0.39, 0.29) is 6.54 Å². The molecule has 2 atom stereocenters. The van der Waals surface area contributed by atoms with Crippen LogP contribution in [0, 0.1) is 6.92 Å². The molecule has 0 bridgehead atoms. The summed E-state index contributed by atoms with van der Waals surface area (Å²) in [6, 6.07) is 20.1. The summed E-state index contributed by atoms with van der Waals surface area (Å²) in [5.41, 5.74) is 6.86. The van der Waals surface area contributed by atoms with Gasteiger partial charge in [-0.15, -0.1) is 0 Å². The van der Waals surface area contributed by atoms with E-state index in [1.165, 1.54) is 4.90 Å².